The summed E-state index contributed by atoms with van der Waals surface area (Å²) in [7, 11) is 0. The van der Waals surface area contributed by atoms with Gasteiger partial charge in [0.05, 0.1) is 10.8 Å². The van der Waals surface area contributed by atoms with E-state index in [9.17, 15) is 0 Å². The Morgan fingerprint density at radius 2 is 0.500 bits per heavy atom. The van der Waals surface area contributed by atoms with E-state index in [0.717, 1.165) is 17.1 Å². The number of rotatable bonds is 3. The summed E-state index contributed by atoms with van der Waals surface area (Å²) in [6.07, 6.45) is 0. The maximum absolute atomic E-state index is 2.53. The molecule has 4 aliphatic carbocycles. The molecule has 2 spiro atoms. The maximum atomic E-state index is 2.53. The van der Waals surface area contributed by atoms with Crippen LogP contribution in [0.25, 0.3) is 87.6 Å². The Hall–Kier alpha value is -9.30. The maximum Gasteiger partial charge on any atom is 0.0725 e. The Balaban J connectivity index is 0.884. The van der Waals surface area contributed by atoms with Crippen LogP contribution in [0.5, 0.6) is 0 Å². The van der Waals surface area contributed by atoms with Gasteiger partial charge in [0.25, 0.3) is 0 Å². The fraction of sp³-hybridized carbons (Fsp3) is 0.0411. The number of aryl methyl sites for hydroxylation is 1. The monoisotopic (exact) mass is 935 g/mol. The Morgan fingerprint density at radius 1 is 0.216 bits per heavy atom. The second kappa shape index (κ2) is 14.4. The lowest BCUT2D eigenvalue weighted by molar-refractivity contribution is 0.796. The molecule has 0 N–H and O–H groups in total. The minimum atomic E-state index is -0.453. The summed E-state index contributed by atoms with van der Waals surface area (Å²) in [6, 6.07) is 97.4. The molecule has 17 rings (SSSR count). The van der Waals surface area contributed by atoms with Crippen LogP contribution in [-0.4, -0.2) is 0 Å². The lowest BCUT2D eigenvalue weighted by Crippen LogP contribution is -2.25. The third-order valence-corrected chi connectivity index (χ3v) is 17.6. The van der Waals surface area contributed by atoms with Gasteiger partial charge in [-0.25, -0.2) is 0 Å². The van der Waals surface area contributed by atoms with Crippen molar-refractivity contribution >= 4 is 60.2 Å². The molecule has 0 aliphatic heterocycles. The molecular formula is C73H45N. The first-order chi connectivity index (χ1) is 36.6. The molecule has 0 fully saturated rings. The molecular weight excluding hydrogens is 891 g/mol. The van der Waals surface area contributed by atoms with Crippen LogP contribution < -0.4 is 4.90 Å². The van der Waals surface area contributed by atoms with E-state index in [-0.39, 0.29) is 0 Å². The highest BCUT2D eigenvalue weighted by Gasteiger charge is 2.53. The first-order valence-electron chi connectivity index (χ1n) is 26.1. The normalized spacial score (nSPS) is 14.2. The summed E-state index contributed by atoms with van der Waals surface area (Å²) in [5.41, 5.74) is 25.1. The summed E-state index contributed by atoms with van der Waals surface area (Å²) >= 11 is 0. The largest absolute Gasteiger partial charge is 0.310 e. The van der Waals surface area contributed by atoms with E-state index in [1.807, 2.05) is 0 Å². The van der Waals surface area contributed by atoms with Crippen LogP contribution in [0.15, 0.2) is 255 Å². The number of nitrogens with zero attached hydrogens (tertiary/aromatic N) is 1. The van der Waals surface area contributed by atoms with Gasteiger partial charge in [-0.3, -0.25) is 0 Å². The minimum absolute atomic E-state index is 0.453. The molecule has 0 amide bonds. The molecule has 4 aliphatic rings. The predicted octanol–water partition coefficient (Wildman–Crippen LogP) is 18.8. The third kappa shape index (κ3) is 5.08. The fourth-order valence-corrected chi connectivity index (χ4v) is 14.5. The molecule has 0 bridgehead atoms. The van der Waals surface area contributed by atoms with E-state index < -0.39 is 10.8 Å². The molecule has 0 atom stereocenters. The molecule has 0 unspecified atom stereocenters. The van der Waals surface area contributed by atoms with Crippen molar-refractivity contribution in [2.75, 3.05) is 4.90 Å². The predicted molar refractivity (Wildman–Crippen MR) is 308 cm³/mol. The van der Waals surface area contributed by atoms with Gasteiger partial charge in [0, 0.05) is 17.1 Å². The topological polar surface area (TPSA) is 3.24 Å². The third-order valence-electron chi connectivity index (χ3n) is 17.6. The summed E-state index contributed by atoms with van der Waals surface area (Å²) in [5.74, 6) is 0. The van der Waals surface area contributed by atoms with Crippen LogP contribution >= 0.6 is 0 Å². The summed E-state index contributed by atoms with van der Waals surface area (Å²) in [6.45, 7) is 2.17. The molecule has 0 radical (unpaired) electrons. The highest BCUT2D eigenvalue weighted by molar-refractivity contribution is 6.06. The summed E-state index contributed by atoms with van der Waals surface area (Å²) in [5, 5.41) is 9.99. The second-order valence-electron chi connectivity index (χ2n) is 21.2. The van der Waals surface area contributed by atoms with Crippen molar-refractivity contribution in [1.29, 1.82) is 0 Å². The van der Waals surface area contributed by atoms with Crippen molar-refractivity contribution < 1.29 is 0 Å². The van der Waals surface area contributed by atoms with E-state index >= 15 is 0 Å². The molecule has 0 heterocycles. The molecule has 0 saturated heterocycles. The van der Waals surface area contributed by atoms with Crippen LogP contribution in [0.4, 0.5) is 17.1 Å². The standard InChI is InChI=1S/C73H45N/c1-44-26-30-53(31-27-44)74(54-32-28-49-38-62-60-36-45-14-2-4-16-47(45)40-68(60)72(70(62)42-51(49)34-54)64-22-10-6-18-56(64)57-19-7-11-23-65(57)72)55-33-29-50-39-63-61-37-46-15-3-5-17-48(46)41-69(61)73(71(63)43-52(50)35-55)66-24-12-8-20-58(66)59-21-9-13-25-67(59)73/h2-43H,1H3. The zero-order valence-corrected chi connectivity index (χ0v) is 40.7. The highest BCUT2D eigenvalue weighted by Crippen LogP contribution is 2.65. The smallest absolute Gasteiger partial charge is 0.0725 e. The molecule has 74 heavy (non-hydrogen) atoms. The van der Waals surface area contributed by atoms with E-state index in [4.69, 9.17) is 0 Å². The fourth-order valence-electron chi connectivity index (χ4n) is 14.5. The molecule has 1 nitrogen and oxygen atoms in total. The number of anilines is 3. The lowest BCUT2D eigenvalue weighted by Gasteiger charge is -2.31. The van der Waals surface area contributed by atoms with Gasteiger partial charge >= 0.3 is 0 Å². The van der Waals surface area contributed by atoms with Gasteiger partial charge in [0.15, 0.2) is 0 Å². The van der Waals surface area contributed by atoms with Gasteiger partial charge in [-0.1, -0.05) is 175 Å². The van der Waals surface area contributed by atoms with Gasteiger partial charge in [-0.15, -0.1) is 0 Å². The van der Waals surface area contributed by atoms with E-state index in [1.54, 1.807) is 0 Å². The quantitative estimate of drug-likeness (QED) is 0.171. The van der Waals surface area contributed by atoms with Crippen LogP contribution in [0.3, 0.4) is 0 Å². The molecule has 342 valence electrons. The summed E-state index contributed by atoms with van der Waals surface area (Å²) < 4.78 is 0. The first kappa shape index (κ1) is 40.3. The number of fused-ring (bicyclic) bond motifs is 24. The lowest BCUT2D eigenvalue weighted by atomic mass is 9.70. The second-order valence-corrected chi connectivity index (χ2v) is 21.2. The Labute approximate surface area is 429 Å². The Kier molecular flexibility index (Phi) is 7.87. The van der Waals surface area contributed by atoms with Gasteiger partial charge in [0.2, 0.25) is 0 Å². The summed E-state index contributed by atoms with van der Waals surface area (Å²) in [4.78, 5) is 2.47. The number of benzene rings is 13. The van der Waals surface area contributed by atoms with Crippen LogP contribution in [0.2, 0.25) is 0 Å². The minimum Gasteiger partial charge on any atom is -0.310 e. The molecule has 1 heteroatoms. The molecule has 0 aromatic heterocycles. The molecule has 13 aromatic rings. The van der Waals surface area contributed by atoms with E-state index in [2.05, 4.69) is 267 Å². The zero-order valence-electron chi connectivity index (χ0n) is 40.7. The number of hydrogen-bond acceptors (Lipinski definition) is 1. The highest BCUT2D eigenvalue weighted by atomic mass is 15.1. The first-order valence-corrected chi connectivity index (χ1v) is 26.1. The van der Waals surface area contributed by atoms with Gasteiger partial charge < -0.3 is 4.90 Å². The van der Waals surface area contributed by atoms with Crippen LogP contribution in [-0.2, 0) is 10.8 Å². The molecule has 0 saturated carbocycles. The van der Waals surface area contributed by atoms with Crippen LogP contribution in [0.1, 0.15) is 50.1 Å². The zero-order chi connectivity index (χ0) is 48.4. The van der Waals surface area contributed by atoms with Crippen molar-refractivity contribution in [1.82, 2.24) is 0 Å². The van der Waals surface area contributed by atoms with E-state index in [0.29, 0.717) is 0 Å². The van der Waals surface area contributed by atoms with Gasteiger partial charge in [-0.05, 0) is 224 Å². The SMILES string of the molecule is Cc1ccc(N(c2ccc3cc4c(cc3c2)C2(c3ccccc3-c3ccccc32)c2cc3ccccc3cc2-4)c2ccc3cc4c(cc3c2)C2(c3ccccc3-c3ccccc32)c2cc3ccccc3cc2-4)cc1. The Bertz CT molecular complexity index is 4260. The number of hydrogen-bond donors (Lipinski definition) is 0. The molecule has 13 aromatic carbocycles. The van der Waals surface area contributed by atoms with Crippen molar-refractivity contribution in [3.05, 3.63) is 305 Å². The van der Waals surface area contributed by atoms with Crippen molar-refractivity contribution in [2.45, 2.75) is 17.8 Å². The Morgan fingerprint density at radius 3 is 0.865 bits per heavy atom. The van der Waals surface area contributed by atoms with Crippen LogP contribution in [0, 0.1) is 6.92 Å². The average Bonchev–Trinajstić information content (AvgIpc) is 4.15. The average molecular weight is 936 g/mol. The van der Waals surface area contributed by atoms with Gasteiger partial charge in [0.1, 0.15) is 0 Å². The van der Waals surface area contributed by atoms with Crippen molar-refractivity contribution in [2.24, 2.45) is 0 Å². The van der Waals surface area contributed by atoms with Crippen molar-refractivity contribution in [3.8, 4) is 44.5 Å². The van der Waals surface area contributed by atoms with E-state index in [1.165, 1.54) is 138 Å². The van der Waals surface area contributed by atoms with Crippen molar-refractivity contribution in [3.63, 3.8) is 0 Å². The van der Waals surface area contributed by atoms with Gasteiger partial charge in [-0.2, -0.15) is 0 Å².